The highest BCUT2D eigenvalue weighted by atomic mass is 79.9. The Morgan fingerprint density at radius 3 is 2.81 bits per heavy atom. The molecule has 0 saturated heterocycles. The third-order valence-electron chi connectivity index (χ3n) is 2.79. The normalized spacial score (nSPS) is 10.3. The van der Waals surface area contributed by atoms with Crippen molar-refractivity contribution >= 4 is 44.8 Å². The van der Waals surface area contributed by atoms with Crippen LogP contribution in [0.15, 0.2) is 40.9 Å². The van der Waals surface area contributed by atoms with E-state index in [1.165, 1.54) is 12.1 Å². The number of nitrogens with one attached hydrogen (secondary N) is 2. The smallest absolute Gasteiger partial charge is 0.257 e. The Bertz CT molecular complexity index is 679. The third-order valence-corrected chi connectivity index (χ3v) is 3.61. The van der Waals surface area contributed by atoms with Crippen LogP contribution in [-0.4, -0.2) is 12.5 Å². The van der Waals surface area contributed by atoms with Crippen molar-refractivity contribution in [1.82, 2.24) is 0 Å². The number of halogens is 3. The highest BCUT2D eigenvalue weighted by molar-refractivity contribution is 9.10. The van der Waals surface area contributed by atoms with E-state index < -0.39 is 11.7 Å². The first-order chi connectivity index (χ1) is 10.0. The summed E-state index contributed by atoms with van der Waals surface area (Å²) in [6.45, 7) is 2.35. The van der Waals surface area contributed by atoms with E-state index >= 15 is 0 Å². The monoisotopic (exact) mass is 370 g/mol. The van der Waals surface area contributed by atoms with Crippen LogP contribution in [0.2, 0.25) is 5.02 Å². The van der Waals surface area contributed by atoms with Crippen LogP contribution in [0.5, 0.6) is 0 Å². The van der Waals surface area contributed by atoms with Gasteiger partial charge in [-0.15, -0.1) is 0 Å². The summed E-state index contributed by atoms with van der Waals surface area (Å²) in [7, 11) is 0. The lowest BCUT2D eigenvalue weighted by Gasteiger charge is -2.13. The van der Waals surface area contributed by atoms with Gasteiger partial charge in [0.25, 0.3) is 5.91 Å². The van der Waals surface area contributed by atoms with Gasteiger partial charge in [-0.25, -0.2) is 4.39 Å². The zero-order valence-electron chi connectivity index (χ0n) is 11.2. The van der Waals surface area contributed by atoms with E-state index in [1.807, 2.05) is 6.92 Å². The molecule has 2 rings (SSSR count). The molecule has 0 aromatic heterocycles. The topological polar surface area (TPSA) is 41.1 Å². The van der Waals surface area contributed by atoms with Crippen molar-refractivity contribution in [2.24, 2.45) is 0 Å². The Hall–Kier alpha value is -1.59. The maximum absolute atomic E-state index is 13.8. The molecule has 1 amide bonds. The van der Waals surface area contributed by atoms with Crippen molar-refractivity contribution in [2.75, 3.05) is 17.2 Å². The van der Waals surface area contributed by atoms with Crippen molar-refractivity contribution in [3.05, 3.63) is 57.3 Å². The Morgan fingerprint density at radius 2 is 2.10 bits per heavy atom. The molecule has 0 aliphatic carbocycles. The number of anilines is 2. The Labute approximate surface area is 135 Å². The van der Waals surface area contributed by atoms with Gasteiger partial charge < -0.3 is 10.6 Å². The molecule has 0 heterocycles. The Kier molecular flexibility index (Phi) is 5.20. The summed E-state index contributed by atoms with van der Waals surface area (Å²) < 4.78 is 14.6. The fourth-order valence-electron chi connectivity index (χ4n) is 1.85. The van der Waals surface area contributed by atoms with E-state index in [0.29, 0.717) is 17.3 Å². The minimum Gasteiger partial charge on any atom is -0.382 e. The molecule has 110 valence electrons. The first-order valence-electron chi connectivity index (χ1n) is 6.31. The van der Waals surface area contributed by atoms with E-state index in [4.69, 9.17) is 11.6 Å². The molecule has 0 aliphatic heterocycles. The zero-order chi connectivity index (χ0) is 15.4. The van der Waals surface area contributed by atoms with Crippen LogP contribution in [0.1, 0.15) is 17.3 Å². The van der Waals surface area contributed by atoms with Gasteiger partial charge in [-0.2, -0.15) is 0 Å². The minimum atomic E-state index is -0.468. The van der Waals surface area contributed by atoms with Crippen molar-refractivity contribution in [1.29, 1.82) is 0 Å². The fourth-order valence-corrected chi connectivity index (χ4v) is 2.38. The second-order valence-corrected chi connectivity index (χ2v) is 5.59. The van der Waals surface area contributed by atoms with Crippen LogP contribution in [0.25, 0.3) is 0 Å². The van der Waals surface area contributed by atoms with Gasteiger partial charge >= 0.3 is 0 Å². The van der Waals surface area contributed by atoms with Crippen LogP contribution in [0.3, 0.4) is 0 Å². The lowest BCUT2D eigenvalue weighted by molar-refractivity contribution is 0.102. The molecule has 0 atom stereocenters. The third kappa shape index (κ3) is 3.74. The van der Waals surface area contributed by atoms with E-state index in [2.05, 4.69) is 26.6 Å². The first kappa shape index (κ1) is 15.8. The lowest BCUT2D eigenvalue weighted by atomic mass is 10.1. The van der Waals surface area contributed by atoms with Gasteiger partial charge in [0.2, 0.25) is 0 Å². The number of para-hydroxylation sites is 1. The molecule has 2 aromatic carbocycles. The standard InChI is InChI=1S/C15H13BrClFN2O/c1-2-19-14-10(4-3-5-12(14)18)15(21)20-13-8-9(16)6-7-11(13)17/h3-8,19H,2H2,1H3,(H,20,21). The quantitative estimate of drug-likeness (QED) is 0.800. The number of rotatable bonds is 4. The SMILES string of the molecule is CCNc1c(F)cccc1C(=O)Nc1cc(Br)ccc1Cl. The molecular weight excluding hydrogens is 359 g/mol. The maximum atomic E-state index is 13.8. The Balaban J connectivity index is 2.32. The van der Waals surface area contributed by atoms with Gasteiger partial charge in [0.15, 0.2) is 0 Å². The molecule has 0 radical (unpaired) electrons. The van der Waals surface area contributed by atoms with Gasteiger partial charge in [0.1, 0.15) is 5.82 Å². The van der Waals surface area contributed by atoms with Crippen LogP contribution in [-0.2, 0) is 0 Å². The number of benzene rings is 2. The minimum absolute atomic E-state index is 0.184. The van der Waals surface area contributed by atoms with Crippen molar-refractivity contribution in [2.45, 2.75) is 6.92 Å². The predicted molar refractivity (Wildman–Crippen MR) is 87.7 cm³/mol. The van der Waals surface area contributed by atoms with Crippen LogP contribution in [0, 0.1) is 5.82 Å². The van der Waals surface area contributed by atoms with E-state index in [-0.39, 0.29) is 11.3 Å². The Morgan fingerprint density at radius 1 is 1.33 bits per heavy atom. The number of hydrogen-bond acceptors (Lipinski definition) is 2. The summed E-state index contributed by atoms with van der Waals surface area (Å²) in [6.07, 6.45) is 0. The predicted octanol–water partition coefficient (Wildman–Crippen LogP) is 4.93. The van der Waals surface area contributed by atoms with E-state index in [9.17, 15) is 9.18 Å². The molecule has 2 N–H and O–H groups in total. The van der Waals surface area contributed by atoms with Gasteiger partial charge in [-0.1, -0.05) is 33.6 Å². The highest BCUT2D eigenvalue weighted by Crippen LogP contribution is 2.27. The summed E-state index contributed by atoms with van der Waals surface area (Å²) >= 11 is 9.35. The lowest BCUT2D eigenvalue weighted by Crippen LogP contribution is -2.16. The summed E-state index contributed by atoms with van der Waals surface area (Å²) in [4.78, 5) is 12.3. The molecular formula is C15H13BrClFN2O. The van der Waals surface area contributed by atoms with Gasteiger partial charge in [0, 0.05) is 11.0 Å². The van der Waals surface area contributed by atoms with Gasteiger partial charge in [0.05, 0.1) is 22.0 Å². The average Bonchev–Trinajstić information content (AvgIpc) is 2.45. The molecule has 6 heteroatoms. The molecule has 0 unspecified atom stereocenters. The van der Waals surface area contributed by atoms with E-state index in [0.717, 1.165) is 4.47 Å². The highest BCUT2D eigenvalue weighted by Gasteiger charge is 2.15. The second-order valence-electron chi connectivity index (χ2n) is 4.27. The molecule has 0 fully saturated rings. The number of carbonyl (C=O) groups is 1. The maximum Gasteiger partial charge on any atom is 0.257 e. The van der Waals surface area contributed by atoms with Crippen molar-refractivity contribution < 1.29 is 9.18 Å². The number of hydrogen-bond donors (Lipinski definition) is 2. The fraction of sp³-hybridized carbons (Fsp3) is 0.133. The van der Waals surface area contributed by atoms with Gasteiger partial charge in [-0.3, -0.25) is 4.79 Å². The summed E-state index contributed by atoms with van der Waals surface area (Å²) in [5.74, 6) is -0.893. The summed E-state index contributed by atoms with van der Waals surface area (Å²) in [6, 6.07) is 9.48. The van der Waals surface area contributed by atoms with Crippen molar-refractivity contribution in [3.8, 4) is 0 Å². The number of carbonyl (C=O) groups excluding carboxylic acids is 1. The molecule has 0 saturated carbocycles. The summed E-state index contributed by atoms with van der Waals surface area (Å²) in [5, 5.41) is 5.95. The van der Waals surface area contributed by atoms with Crippen LogP contribution in [0.4, 0.5) is 15.8 Å². The molecule has 0 spiro atoms. The average molecular weight is 372 g/mol. The van der Waals surface area contributed by atoms with Crippen LogP contribution < -0.4 is 10.6 Å². The van der Waals surface area contributed by atoms with Crippen molar-refractivity contribution in [3.63, 3.8) is 0 Å². The molecule has 2 aromatic rings. The molecule has 3 nitrogen and oxygen atoms in total. The second kappa shape index (κ2) is 6.91. The molecule has 21 heavy (non-hydrogen) atoms. The zero-order valence-corrected chi connectivity index (χ0v) is 13.6. The van der Waals surface area contributed by atoms with Gasteiger partial charge in [-0.05, 0) is 37.3 Å². The van der Waals surface area contributed by atoms with Crippen LogP contribution >= 0.6 is 27.5 Å². The summed E-state index contributed by atoms with van der Waals surface area (Å²) in [5.41, 5.74) is 0.874. The van der Waals surface area contributed by atoms with E-state index in [1.54, 1.807) is 24.3 Å². The first-order valence-corrected chi connectivity index (χ1v) is 7.48. The molecule has 0 bridgehead atoms. The number of amides is 1. The molecule has 0 aliphatic rings. The largest absolute Gasteiger partial charge is 0.382 e.